The Morgan fingerprint density at radius 3 is 2.85 bits per heavy atom. The molecule has 0 saturated carbocycles. The molecule has 20 heavy (non-hydrogen) atoms. The summed E-state index contributed by atoms with van der Waals surface area (Å²) >= 11 is 0. The number of hydrogen-bond acceptors (Lipinski definition) is 2. The number of rotatable bonds is 3. The molecule has 0 amide bonds. The molecule has 3 rings (SSSR count). The summed E-state index contributed by atoms with van der Waals surface area (Å²) < 4.78 is 7.31. The highest BCUT2D eigenvalue weighted by atomic mass is 16.5. The second-order valence-electron chi connectivity index (χ2n) is 5.48. The molecular formula is C17H21NO2. The fraction of sp³-hybridized carbons (Fsp3) is 0.471. The van der Waals surface area contributed by atoms with E-state index >= 15 is 0 Å². The summed E-state index contributed by atoms with van der Waals surface area (Å²) in [5.41, 5.74) is 4.66. The Labute approximate surface area is 119 Å². The maximum Gasteiger partial charge on any atom is 0.340 e. The number of ether oxygens (including phenoxy) is 1. The maximum atomic E-state index is 12.1. The number of nitrogens with zero attached hydrogens (tertiary/aromatic N) is 1. The van der Waals surface area contributed by atoms with Crippen molar-refractivity contribution < 1.29 is 9.53 Å². The van der Waals surface area contributed by atoms with E-state index in [4.69, 9.17) is 4.74 Å². The van der Waals surface area contributed by atoms with Gasteiger partial charge < -0.3 is 9.30 Å². The number of esters is 1. The van der Waals surface area contributed by atoms with Gasteiger partial charge in [-0.3, -0.25) is 0 Å². The molecule has 0 bridgehead atoms. The molecule has 1 aliphatic carbocycles. The average molecular weight is 271 g/mol. The first-order valence-electron chi connectivity index (χ1n) is 7.49. The van der Waals surface area contributed by atoms with Gasteiger partial charge in [-0.1, -0.05) is 19.1 Å². The molecule has 0 radical (unpaired) electrons. The zero-order chi connectivity index (χ0) is 14.1. The number of aryl methyl sites for hydroxylation is 2. The highest BCUT2D eigenvalue weighted by Crippen LogP contribution is 2.34. The van der Waals surface area contributed by atoms with E-state index in [9.17, 15) is 4.79 Å². The molecule has 0 saturated heterocycles. The van der Waals surface area contributed by atoms with Crippen LogP contribution in [0.2, 0.25) is 0 Å². The highest BCUT2D eigenvalue weighted by Gasteiger charge is 2.23. The highest BCUT2D eigenvalue weighted by molar-refractivity contribution is 6.04. The number of aromatic nitrogens is 1. The Hall–Kier alpha value is -1.77. The van der Waals surface area contributed by atoms with Gasteiger partial charge in [0.1, 0.15) is 0 Å². The lowest BCUT2D eigenvalue weighted by Gasteiger charge is -2.15. The number of fused-ring (bicyclic) bond motifs is 3. The fourth-order valence-corrected chi connectivity index (χ4v) is 3.44. The van der Waals surface area contributed by atoms with Gasteiger partial charge in [0.15, 0.2) is 0 Å². The number of para-hydroxylation sites is 1. The van der Waals surface area contributed by atoms with Crippen molar-refractivity contribution >= 4 is 16.9 Å². The van der Waals surface area contributed by atoms with Gasteiger partial charge in [-0.2, -0.15) is 0 Å². The van der Waals surface area contributed by atoms with E-state index in [-0.39, 0.29) is 5.97 Å². The van der Waals surface area contributed by atoms with Crippen LogP contribution in [0.25, 0.3) is 10.9 Å². The topological polar surface area (TPSA) is 31.2 Å². The standard InChI is InChI=1S/C17H21NO2/c1-3-11-18-15-10-5-4-7-12(15)13-8-6-9-14(16(13)18)17(19)20-2/h6,8-9H,3-5,7,10-11H2,1-2H3. The summed E-state index contributed by atoms with van der Waals surface area (Å²) in [6.07, 6.45) is 5.84. The molecule has 1 aromatic heterocycles. The molecule has 1 aromatic carbocycles. The predicted octanol–water partition coefficient (Wildman–Crippen LogP) is 3.72. The van der Waals surface area contributed by atoms with Crippen LogP contribution in [0.1, 0.15) is 47.8 Å². The van der Waals surface area contributed by atoms with Crippen molar-refractivity contribution in [3.05, 3.63) is 35.0 Å². The van der Waals surface area contributed by atoms with Crippen molar-refractivity contribution in [3.63, 3.8) is 0 Å². The first kappa shape index (κ1) is 13.2. The van der Waals surface area contributed by atoms with Gasteiger partial charge in [-0.05, 0) is 43.7 Å². The molecule has 1 heterocycles. The van der Waals surface area contributed by atoms with Crippen molar-refractivity contribution in [2.45, 2.75) is 45.6 Å². The van der Waals surface area contributed by atoms with E-state index in [0.717, 1.165) is 31.3 Å². The van der Waals surface area contributed by atoms with E-state index in [1.54, 1.807) is 0 Å². The van der Waals surface area contributed by atoms with E-state index in [0.29, 0.717) is 5.56 Å². The lowest BCUT2D eigenvalue weighted by atomic mass is 9.95. The number of benzene rings is 1. The van der Waals surface area contributed by atoms with Gasteiger partial charge >= 0.3 is 5.97 Å². The molecule has 0 unspecified atom stereocenters. The monoisotopic (exact) mass is 271 g/mol. The van der Waals surface area contributed by atoms with Crippen molar-refractivity contribution in [1.82, 2.24) is 4.57 Å². The number of hydrogen-bond donors (Lipinski definition) is 0. The Morgan fingerprint density at radius 1 is 1.30 bits per heavy atom. The first-order chi connectivity index (χ1) is 9.77. The van der Waals surface area contributed by atoms with E-state index < -0.39 is 0 Å². The molecule has 0 fully saturated rings. The normalized spacial score (nSPS) is 14.3. The molecule has 106 valence electrons. The summed E-state index contributed by atoms with van der Waals surface area (Å²) in [6, 6.07) is 6.00. The van der Waals surface area contributed by atoms with Crippen molar-refractivity contribution in [3.8, 4) is 0 Å². The molecular weight excluding hydrogens is 250 g/mol. The molecule has 3 heteroatoms. The minimum Gasteiger partial charge on any atom is -0.465 e. The second kappa shape index (κ2) is 5.31. The van der Waals surface area contributed by atoms with Crippen LogP contribution in [-0.4, -0.2) is 17.6 Å². The molecule has 0 N–H and O–H groups in total. The summed E-state index contributed by atoms with van der Waals surface area (Å²) in [6.45, 7) is 3.15. The number of carbonyl (C=O) groups excluding carboxylic acids is 1. The third-order valence-electron chi connectivity index (χ3n) is 4.25. The summed E-state index contributed by atoms with van der Waals surface area (Å²) in [7, 11) is 1.45. The Balaban J connectivity index is 2.32. The molecule has 0 aliphatic heterocycles. The number of methoxy groups -OCH3 is 1. The van der Waals surface area contributed by atoms with Crippen LogP contribution < -0.4 is 0 Å². The Kier molecular flexibility index (Phi) is 3.51. The fourth-order valence-electron chi connectivity index (χ4n) is 3.44. The summed E-state index contributed by atoms with van der Waals surface area (Å²) in [4.78, 5) is 12.1. The minimum absolute atomic E-state index is 0.234. The van der Waals surface area contributed by atoms with Crippen LogP contribution in [-0.2, 0) is 24.1 Å². The Bertz CT molecular complexity index is 655. The average Bonchev–Trinajstić information content (AvgIpc) is 2.82. The lowest BCUT2D eigenvalue weighted by Crippen LogP contribution is -2.10. The third-order valence-corrected chi connectivity index (χ3v) is 4.25. The van der Waals surface area contributed by atoms with Crippen LogP contribution in [0.3, 0.4) is 0 Å². The maximum absolute atomic E-state index is 12.1. The SMILES string of the molecule is CCCn1c2c(c3cccc(C(=O)OC)c31)CCCC2. The smallest absolute Gasteiger partial charge is 0.340 e. The van der Waals surface area contributed by atoms with Crippen LogP contribution in [0, 0.1) is 0 Å². The lowest BCUT2D eigenvalue weighted by molar-refractivity contribution is 0.0602. The van der Waals surface area contributed by atoms with Crippen molar-refractivity contribution in [1.29, 1.82) is 0 Å². The van der Waals surface area contributed by atoms with Crippen molar-refractivity contribution in [2.75, 3.05) is 7.11 Å². The van der Waals surface area contributed by atoms with E-state index in [2.05, 4.69) is 17.6 Å². The van der Waals surface area contributed by atoms with Gasteiger partial charge in [0.2, 0.25) is 0 Å². The molecule has 2 aromatic rings. The van der Waals surface area contributed by atoms with E-state index in [1.807, 2.05) is 12.1 Å². The summed E-state index contributed by atoms with van der Waals surface area (Å²) in [5.74, 6) is -0.234. The largest absolute Gasteiger partial charge is 0.465 e. The van der Waals surface area contributed by atoms with Crippen LogP contribution >= 0.6 is 0 Å². The van der Waals surface area contributed by atoms with Crippen LogP contribution in [0.5, 0.6) is 0 Å². The molecule has 0 atom stereocenters. The zero-order valence-electron chi connectivity index (χ0n) is 12.2. The quantitative estimate of drug-likeness (QED) is 0.797. The molecule has 0 spiro atoms. The minimum atomic E-state index is -0.234. The Morgan fingerprint density at radius 2 is 2.10 bits per heavy atom. The zero-order valence-corrected chi connectivity index (χ0v) is 12.2. The van der Waals surface area contributed by atoms with Crippen LogP contribution in [0.4, 0.5) is 0 Å². The first-order valence-corrected chi connectivity index (χ1v) is 7.49. The van der Waals surface area contributed by atoms with Crippen molar-refractivity contribution in [2.24, 2.45) is 0 Å². The predicted molar refractivity (Wildman–Crippen MR) is 80.2 cm³/mol. The van der Waals surface area contributed by atoms with E-state index in [1.165, 1.54) is 36.6 Å². The molecule has 3 nitrogen and oxygen atoms in total. The van der Waals surface area contributed by atoms with Gasteiger partial charge in [0, 0.05) is 17.6 Å². The third kappa shape index (κ3) is 1.92. The number of carbonyl (C=O) groups is 1. The van der Waals surface area contributed by atoms with Gasteiger partial charge in [0.05, 0.1) is 18.2 Å². The van der Waals surface area contributed by atoms with Crippen LogP contribution in [0.15, 0.2) is 18.2 Å². The summed E-state index contributed by atoms with van der Waals surface area (Å²) in [5, 5.41) is 1.25. The van der Waals surface area contributed by atoms with Gasteiger partial charge in [-0.25, -0.2) is 4.79 Å². The second-order valence-corrected chi connectivity index (χ2v) is 5.48. The molecule has 1 aliphatic rings. The van der Waals surface area contributed by atoms with Gasteiger partial charge in [0.25, 0.3) is 0 Å². The van der Waals surface area contributed by atoms with Gasteiger partial charge in [-0.15, -0.1) is 0 Å².